The molecule has 62 valence electrons. The molecule has 2 fully saturated rings. The van der Waals surface area contributed by atoms with Crippen LogP contribution in [-0.2, 0) is 9.53 Å². The molecule has 1 saturated carbocycles. The van der Waals surface area contributed by atoms with Crippen LogP contribution in [0.3, 0.4) is 0 Å². The third-order valence-electron chi connectivity index (χ3n) is 3.20. The molecule has 2 nitrogen and oxygen atoms in total. The summed E-state index contributed by atoms with van der Waals surface area (Å²) in [6.07, 6.45) is 3.17. The molecule has 11 heavy (non-hydrogen) atoms. The second-order valence-electron chi connectivity index (χ2n) is 4.37. The van der Waals surface area contributed by atoms with Crippen molar-refractivity contribution in [2.75, 3.05) is 0 Å². The van der Waals surface area contributed by atoms with E-state index in [0.29, 0.717) is 17.8 Å². The summed E-state index contributed by atoms with van der Waals surface area (Å²) in [5.74, 6) is 0.503. The summed E-state index contributed by atoms with van der Waals surface area (Å²) in [4.78, 5) is 10.9. The second kappa shape index (κ2) is 1.99. The highest BCUT2D eigenvalue weighted by Crippen LogP contribution is 2.49. The first-order valence-electron chi connectivity index (χ1n) is 4.29. The fourth-order valence-electron chi connectivity index (χ4n) is 2.35. The third kappa shape index (κ3) is 0.959. The zero-order valence-corrected chi connectivity index (χ0v) is 7.09. The summed E-state index contributed by atoms with van der Waals surface area (Å²) in [7, 11) is 0. The predicted octanol–water partition coefficient (Wildman–Crippen LogP) is 1.74. The van der Waals surface area contributed by atoms with Crippen LogP contribution in [0.25, 0.3) is 0 Å². The Balaban J connectivity index is 2.19. The van der Waals surface area contributed by atoms with Gasteiger partial charge in [0.2, 0.25) is 0 Å². The van der Waals surface area contributed by atoms with Gasteiger partial charge in [-0.3, -0.25) is 4.79 Å². The van der Waals surface area contributed by atoms with E-state index >= 15 is 0 Å². The molecule has 0 aromatic rings. The van der Waals surface area contributed by atoms with Gasteiger partial charge in [0.1, 0.15) is 6.10 Å². The Morgan fingerprint density at radius 1 is 1.55 bits per heavy atom. The van der Waals surface area contributed by atoms with Crippen LogP contribution in [0.1, 0.15) is 33.1 Å². The van der Waals surface area contributed by atoms with Crippen molar-refractivity contribution in [1.82, 2.24) is 0 Å². The molecule has 2 aliphatic rings. The van der Waals surface area contributed by atoms with Crippen molar-refractivity contribution < 1.29 is 9.53 Å². The molecule has 0 aromatic heterocycles. The second-order valence-corrected chi connectivity index (χ2v) is 4.37. The molecule has 0 amide bonds. The van der Waals surface area contributed by atoms with E-state index in [1.54, 1.807) is 0 Å². The van der Waals surface area contributed by atoms with Crippen molar-refractivity contribution in [2.24, 2.45) is 11.3 Å². The molecule has 1 aliphatic carbocycles. The Morgan fingerprint density at radius 2 is 2.27 bits per heavy atom. The Bertz CT molecular complexity index is 196. The molecular formula is C9H14O2. The lowest BCUT2D eigenvalue weighted by Crippen LogP contribution is -2.20. The Morgan fingerprint density at radius 3 is 2.91 bits per heavy atom. The zero-order chi connectivity index (χ0) is 8.06. The number of carbonyl (C=O) groups excluding carboxylic acids is 1. The van der Waals surface area contributed by atoms with Crippen LogP contribution in [0, 0.1) is 11.3 Å². The minimum atomic E-state index is 0.00720. The summed E-state index contributed by atoms with van der Waals surface area (Å²) >= 11 is 0. The topological polar surface area (TPSA) is 26.3 Å². The van der Waals surface area contributed by atoms with E-state index in [1.807, 2.05) is 0 Å². The molecule has 0 spiro atoms. The minimum absolute atomic E-state index is 0.00720. The van der Waals surface area contributed by atoms with Gasteiger partial charge in [0, 0.05) is 5.92 Å². The fraction of sp³-hybridized carbons (Fsp3) is 0.889. The largest absolute Gasteiger partial charge is 0.462 e. The van der Waals surface area contributed by atoms with Crippen molar-refractivity contribution in [3.05, 3.63) is 0 Å². The van der Waals surface area contributed by atoms with Crippen molar-refractivity contribution in [1.29, 1.82) is 0 Å². The Hall–Kier alpha value is -0.530. The molecular weight excluding hydrogens is 140 g/mol. The van der Waals surface area contributed by atoms with Gasteiger partial charge in [0.15, 0.2) is 0 Å². The van der Waals surface area contributed by atoms with E-state index in [0.717, 1.165) is 6.42 Å². The highest BCUT2D eigenvalue weighted by atomic mass is 16.6. The van der Waals surface area contributed by atoms with Gasteiger partial charge in [0.05, 0.1) is 6.42 Å². The van der Waals surface area contributed by atoms with Gasteiger partial charge in [-0.05, 0) is 18.3 Å². The van der Waals surface area contributed by atoms with Gasteiger partial charge in [0.25, 0.3) is 0 Å². The smallest absolute Gasteiger partial charge is 0.306 e. The molecule has 2 atom stereocenters. The average molecular weight is 154 g/mol. The highest BCUT2D eigenvalue weighted by Gasteiger charge is 2.48. The van der Waals surface area contributed by atoms with Crippen LogP contribution in [0.2, 0.25) is 0 Å². The SMILES string of the molecule is CC1(C)CC[C@@H]2OC(=O)C[C@@H]21. The first-order chi connectivity index (χ1) is 5.09. The summed E-state index contributed by atoms with van der Waals surface area (Å²) in [6.45, 7) is 4.47. The van der Waals surface area contributed by atoms with Gasteiger partial charge in [-0.2, -0.15) is 0 Å². The molecule has 0 unspecified atom stereocenters. The average Bonchev–Trinajstić information content (AvgIpc) is 2.35. The number of esters is 1. The summed E-state index contributed by atoms with van der Waals surface area (Å²) in [5.41, 5.74) is 0.330. The maximum absolute atomic E-state index is 10.9. The van der Waals surface area contributed by atoms with Crippen LogP contribution >= 0.6 is 0 Å². The lowest BCUT2D eigenvalue weighted by molar-refractivity contribution is -0.141. The maximum Gasteiger partial charge on any atom is 0.306 e. The molecule has 1 heterocycles. The lowest BCUT2D eigenvalue weighted by atomic mass is 9.80. The quantitative estimate of drug-likeness (QED) is 0.497. The number of carbonyl (C=O) groups is 1. The van der Waals surface area contributed by atoms with Crippen molar-refractivity contribution >= 4 is 5.97 Å². The van der Waals surface area contributed by atoms with Crippen LogP contribution < -0.4 is 0 Å². The van der Waals surface area contributed by atoms with Gasteiger partial charge < -0.3 is 4.74 Å². The van der Waals surface area contributed by atoms with Gasteiger partial charge in [-0.1, -0.05) is 13.8 Å². The summed E-state index contributed by atoms with van der Waals surface area (Å²) in [6, 6.07) is 0. The van der Waals surface area contributed by atoms with E-state index in [2.05, 4.69) is 13.8 Å². The van der Waals surface area contributed by atoms with Crippen LogP contribution in [0.15, 0.2) is 0 Å². The number of rotatable bonds is 0. The number of hydrogen-bond acceptors (Lipinski definition) is 2. The van der Waals surface area contributed by atoms with E-state index < -0.39 is 0 Å². The van der Waals surface area contributed by atoms with Gasteiger partial charge >= 0.3 is 5.97 Å². The Labute approximate surface area is 66.9 Å². The number of hydrogen-bond donors (Lipinski definition) is 0. The Kier molecular flexibility index (Phi) is 1.29. The van der Waals surface area contributed by atoms with E-state index in [9.17, 15) is 4.79 Å². The van der Waals surface area contributed by atoms with Crippen molar-refractivity contribution in [3.8, 4) is 0 Å². The van der Waals surface area contributed by atoms with E-state index in [-0.39, 0.29) is 12.1 Å². The zero-order valence-electron chi connectivity index (χ0n) is 7.09. The lowest BCUT2D eigenvalue weighted by Gasteiger charge is -2.23. The van der Waals surface area contributed by atoms with Crippen molar-refractivity contribution in [3.63, 3.8) is 0 Å². The predicted molar refractivity (Wildman–Crippen MR) is 41.0 cm³/mol. The van der Waals surface area contributed by atoms with E-state index in [4.69, 9.17) is 4.74 Å². The normalized spacial score (nSPS) is 40.4. The molecule has 2 heteroatoms. The van der Waals surface area contributed by atoms with Gasteiger partial charge in [-0.25, -0.2) is 0 Å². The third-order valence-corrected chi connectivity index (χ3v) is 3.20. The fourth-order valence-corrected chi connectivity index (χ4v) is 2.35. The molecule has 0 radical (unpaired) electrons. The molecule has 0 N–H and O–H groups in total. The summed E-state index contributed by atoms with van der Waals surface area (Å²) in [5, 5.41) is 0. The molecule has 0 aromatic carbocycles. The molecule has 1 aliphatic heterocycles. The number of fused-ring (bicyclic) bond motifs is 1. The van der Waals surface area contributed by atoms with E-state index in [1.165, 1.54) is 6.42 Å². The highest BCUT2D eigenvalue weighted by molar-refractivity contribution is 5.72. The van der Waals surface area contributed by atoms with Crippen molar-refractivity contribution in [2.45, 2.75) is 39.2 Å². The monoisotopic (exact) mass is 154 g/mol. The first-order valence-corrected chi connectivity index (χ1v) is 4.29. The van der Waals surface area contributed by atoms with Crippen LogP contribution in [0.4, 0.5) is 0 Å². The van der Waals surface area contributed by atoms with Crippen LogP contribution in [0.5, 0.6) is 0 Å². The van der Waals surface area contributed by atoms with Gasteiger partial charge in [-0.15, -0.1) is 0 Å². The molecule has 2 rings (SSSR count). The number of ether oxygens (including phenoxy) is 1. The van der Waals surface area contributed by atoms with Crippen LogP contribution in [-0.4, -0.2) is 12.1 Å². The summed E-state index contributed by atoms with van der Waals surface area (Å²) < 4.78 is 5.18. The minimum Gasteiger partial charge on any atom is -0.462 e. The maximum atomic E-state index is 10.9. The standard InChI is InChI=1S/C9H14O2/c1-9(2)4-3-7-6(9)5-8(10)11-7/h6-7H,3-5H2,1-2H3/t6-,7-/m0/s1. The molecule has 1 saturated heterocycles. The molecule has 0 bridgehead atoms. The first kappa shape index (κ1) is 7.14.